The molecule has 0 saturated carbocycles. The molecule has 0 bridgehead atoms. The van der Waals surface area contributed by atoms with Gasteiger partial charge >= 0.3 is 0 Å². The number of hydroxylamine groups is 1. The fraction of sp³-hybridized carbons (Fsp3) is 0.560. The van der Waals surface area contributed by atoms with Gasteiger partial charge in [0.15, 0.2) is 0 Å². The number of nitrogens with one attached hydrogen (secondary N) is 2. The van der Waals surface area contributed by atoms with Crippen molar-refractivity contribution >= 4 is 32.4 Å². The van der Waals surface area contributed by atoms with Gasteiger partial charge in [-0.2, -0.15) is 4.31 Å². The van der Waals surface area contributed by atoms with Gasteiger partial charge < -0.3 is 5.32 Å². The summed E-state index contributed by atoms with van der Waals surface area (Å²) in [7, 11) is -3.99. The average Bonchev–Trinajstić information content (AvgIpc) is 2.74. The van der Waals surface area contributed by atoms with Gasteiger partial charge in [-0.25, -0.2) is 13.9 Å². The molecule has 7 nitrogen and oxygen atoms in total. The molecule has 1 atom stereocenters. The number of benzene rings is 2. The molecule has 0 aromatic heterocycles. The topological polar surface area (TPSA) is 98.7 Å². The first kappa shape index (κ1) is 27.1. The summed E-state index contributed by atoms with van der Waals surface area (Å²) < 4.78 is 28.7. The molecule has 0 fully saturated rings. The molecule has 0 aliphatic heterocycles. The average molecular weight is 478 g/mol. The number of carbonyl (C=O) groups is 1. The van der Waals surface area contributed by atoms with Crippen molar-refractivity contribution in [1.29, 1.82) is 0 Å². The Morgan fingerprint density at radius 2 is 1.58 bits per heavy atom. The molecule has 2 aromatic rings. The lowest BCUT2D eigenvalue weighted by atomic mass is 10.0. The molecule has 2 rings (SSSR count). The zero-order valence-electron chi connectivity index (χ0n) is 20.6. The van der Waals surface area contributed by atoms with Crippen LogP contribution in [-0.4, -0.2) is 43.0 Å². The lowest BCUT2D eigenvalue weighted by molar-refractivity contribution is -0.134. The summed E-state index contributed by atoms with van der Waals surface area (Å²) >= 11 is 0. The van der Waals surface area contributed by atoms with Gasteiger partial charge in [0.2, 0.25) is 10.0 Å². The van der Waals surface area contributed by atoms with Gasteiger partial charge in [-0.1, -0.05) is 53.7 Å². The van der Waals surface area contributed by atoms with E-state index in [1.54, 1.807) is 37.5 Å². The first-order chi connectivity index (χ1) is 15.5. The van der Waals surface area contributed by atoms with E-state index in [1.807, 2.05) is 32.0 Å². The van der Waals surface area contributed by atoms with Crippen LogP contribution in [0.25, 0.3) is 10.8 Å². The summed E-state index contributed by atoms with van der Waals surface area (Å²) in [5.74, 6) is -0.202. The highest BCUT2D eigenvalue weighted by Gasteiger charge is 2.37. The second-order valence-electron chi connectivity index (χ2n) is 9.80. The van der Waals surface area contributed by atoms with Crippen molar-refractivity contribution in [2.45, 2.75) is 65.3 Å². The molecule has 0 saturated heterocycles. The van der Waals surface area contributed by atoms with E-state index in [0.717, 1.165) is 29.4 Å². The summed E-state index contributed by atoms with van der Waals surface area (Å²) in [6.45, 7) is 12.9. The van der Waals surface area contributed by atoms with Crippen LogP contribution in [0.5, 0.6) is 0 Å². The molecule has 0 aliphatic rings. The molecule has 0 aliphatic carbocycles. The lowest BCUT2D eigenvalue weighted by Gasteiger charge is -2.32. The molecule has 8 heteroatoms. The van der Waals surface area contributed by atoms with E-state index in [9.17, 15) is 18.4 Å². The van der Waals surface area contributed by atoms with Crippen LogP contribution in [0.1, 0.15) is 54.4 Å². The maximum Gasteiger partial charge on any atom is 0.262 e. The summed E-state index contributed by atoms with van der Waals surface area (Å²) in [6.07, 6.45) is 1.64. The number of anilines is 1. The quantitative estimate of drug-likeness (QED) is 0.299. The lowest BCUT2D eigenvalue weighted by Crippen LogP contribution is -2.52. The van der Waals surface area contributed by atoms with E-state index < -0.39 is 22.0 Å². The Morgan fingerprint density at radius 1 is 0.939 bits per heavy atom. The van der Waals surface area contributed by atoms with Crippen molar-refractivity contribution in [1.82, 2.24) is 9.79 Å². The van der Waals surface area contributed by atoms with Crippen LogP contribution in [0.15, 0.2) is 41.3 Å². The zero-order chi connectivity index (χ0) is 24.8. The van der Waals surface area contributed by atoms with E-state index in [4.69, 9.17) is 0 Å². The van der Waals surface area contributed by atoms with Gasteiger partial charge in [-0.05, 0) is 65.6 Å². The number of rotatable bonds is 12. The van der Waals surface area contributed by atoms with Crippen molar-refractivity contribution in [3.8, 4) is 0 Å². The molecule has 33 heavy (non-hydrogen) atoms. The number of nitrogens with zero attached hydrogens (tertiary/aromatic N) is 1. The standard InChI is InChI=1S/C25H39N3O4S/c1-17(2)11-13-26-22-9-7-20-8-10-23(16-21(20)15-22)33(31,32)28(14-12-18(3)4)24(19(5)6)25(29)27-30/h7-10,15-19,24,26,30H,11-14H2,1-6H3,(H,27,29)/t24-/m1/s1. The molecule has 184 valence electrons. The Bertz CT molecular complexity index is 1040. The van der Waals surface area contributed by atoms with Gasteiger partial charge in [0.25, 0.3) is 5.91 Å². The Kier molecular flexibility index (Phi) is 9.70. The molecule has 2 aromatic carbocycles. The Morgan fingerprint density at radius 3 is 2.15 bits per heavy atom. The fourth-order valence-corrected chi connectivity index (χ4v) is 5.53. The van der Waals surface area contributed by atoms with Gasteiger partial charge in [0.05, 0.1) is 4.90 Å². The number of hydrogen-bond donors (Lipinski definition) is 3. The Hall–Kier alpha value is -2.16. The zero-order valence-corrected chi connectivity index (χ0v) is 21.4. The van der Waals surface area contributed by atoms with Crippen molar-refractivity contribution < 1.29 is 18.4 Å². The predicted molar refractivity (Wildman–Crippen MR) is 134 cm³/mol. The maximum absolute atomic E-state index is 13.7. The molecular formula is C25H39N3O4S. The smallest absolute Gasteiger partial charge is 0.262 e. The SMILES string of the molecule is CC(C)CCNc1ccc2ccc(S(=O)(=O)N(CCC(C)C)[C@@H](C(=O)NO)C(C)C)cc2c1. The van der Waals surface area contributed by atoms with Crippen LogP contribution < -0.4 is 10.8 Å². The van der Waals surface area contributed by atoms with Crippen LogP contribution in [0.2, 0.25) is 0 Å². The molecule has 3 N–H and O–H groups in total. The third-order valence-corrected chi connectivity index (χ3v) is 7.59. The molecule has 0 radical (unpaired) electrons. The van der Waals surface area contributed by atoms with E-state index in [1.165, 1.54) is 4.31 Å². The highest BCUT2D eigenvalue weighted by Crippen LogP contribution is 2.28. The summed E-state index contributed by atoms with van der Waals surface area (Å²) in [5, 5.41) is 14.4. The van der Waals surface area contributed by atoms with Gasteiger partial charge in [-0.15, -0.1) is 0 Å². The van der Waals surface area contributed by atoms with E-state index >= 15 is 0 Å². The molecule has 0 spiro atoms. The van der Waals surface area contributed by atoms with Crippen LogP contribution >= 0.6 is 0 Å². The molecule has 0 heterocycles. The largest absolute Gasteiger partial charge is 0.385 e. The Labute approximate surface area is 198 Å². The van der Waals surface area contributed by atoms with Crippen LogP contribution in [-0.2, 0) is 14.8 Å². The van der Waals surface area contributed by atoms with Crippen LogP contribution in [0.4, 0.5) is 5.69 Å². The highest BCUT2D eigenvalue weighted by atomic mass is 32.2. The predicted octanol–water partition coefficient (Wildman–Crippen LogP) is 4.86. The van der Waals surface area contributed by atoms with Gasteiger partial charge in [-0.3, -0.25) is 10.0 Å². The fourth-order valence-electron chi connectivity index (χ4n) is 3.76. The summed E-state index contributed by atoms with van der Waals surface area (Å²) in [5.41, 5.74) is 2.59. The second-order valence-corrected chi connectivity index (χ2v) is 11.7. The first-order valence-corrected chi connectivity index (χ1v) is 13.1. The number of hydrogen-bond acceptors (Lipinski definition) is 5. The molecule has 0 unspecified atom stereocenters. The van der Waals surface area contributed by atoms with Crippen molar-refractivity contribution in [2.24, 2.45) is 17.8 Å². The van der Waals surface area contributed by atoms with Crippen molar-refractivity contribution in [2.75, 3.05) is 18.4 Å². The monoisotopic (exact) mass is 477 g/mol. The van der Waals surface area contributed by atoms with Gasteiger partial charge in [0, 0.05) is 18.8 Å². The van der Waals surface area contributed by atoms with Crippen LogP contribution in [0.3, 0.4) is 0 Å². The third-order valence-electron chi connectivity index (χ3n) is 5.72. The summed E-state index contributed by atoms with van der Waals surface area (Å²) in [6, 6.07) is 9.93. The number of carbonyl (C=O) groups excluding carboxylic acids is 1. The third kappa shape index (κ3) is 7.16. The van der Waals surface area contributed by atoms with E-state index in [0.29, 0.717) is 12.3 Å². The normalized spacial score (nSPS) is 13.3. The summed E-state index contributed by atoms with van der Waals surface area (Å²) in [4.78, 5) is 12.6. The van der Waals surface area contributed by atoms with Crippen molar-refractivity contribution in [3.63, 3.8) is 0 Å². The van der Waals surface area contributed by atoms with E-state index in [2.05, 4.69) is 19.2 Å². The van der Waals surface area contributed by atoms with E-state index in [-0.39, 0.29) is 23.3 Å². The minimum atomic E-state index is -3.99. The minimum absolute atomic E-state index is 0.134. The Balaban J connectivity index is 2.47. The highest BCUT2D eigenvalue weighted by molar-refractivity contribution is 7.89. The number of fused-ring (bicyclic) bond motifs is 1. The molecular weight excluding hydrogens is 438 g/mol. The van der Waals surface area contributed by atoms with Crippen LogP contribution in [0, 0.1) is 17.8 Å². The number of amides is 1. The first-order valence-electron chi connectivity index (χ1n) is 11.7. The maximum atomic E-state index is 13.7. The second kappa shape index (κ2) is 11.8. The number of sulfonamides is 1. The minimum Gasteiger partial charge on any atom is -0.385 e. The van der Waals surface area contributed by atoms with Gasteiger partial charge in [0.1, 0.15) is 6.04 Å². The molecule has 1 amide bonds. The van der Waals surface area contributed by atoms with Crippen molar-refractivity contribution in [3.05, 3.63) is 36.4 Å².